The van der Waals surface area contributed by atoms with Crippen LogP contribution in [0.15, 0.2) is 52.4 Å². The van der Waals surface area contributed by atoms with Crippen molar-refractivity contribution in [2.75, 3.05) is 13.1 Å². The molecule has 3 rings (SSSR count). The lowest BCUT2D eigenvalue weighted by Gasteiger charge is -2.29. The Morgan fingerprint density at radius 3 is 2.74 bits per heavy atom. The summed E-state index contributed by atoms with van der Waals surface area (Å²) in [6, 6.07) is 10.8. The molecule has 0 fully saturated rings. The first-order valence-electron chi connectivity index (χ1n) is 12.6. The van der Waals surface area contributed by atoms with Crippen molar-refractivity contribution in [2.24, 2.45) is 15.7 Å². The maximum atomic E-state index is 13.0. The van der Waals surface area contributed by atoms with Gasteiger partial charge in [0, 0.05) is 25.5 Å². The van der Waals surface area contributed by atoms with E-state index in [1.54, 1.807) is 18.2 Å². The lowest BCUT2D eigenvalue weighted by atomic mass is 9.98. The highest BCUT2D eigenvalue weighted by Gasteiger charge is 2.35. The number of hydrogen-bond acceptors (Lipinski definition) is 6. The second kappa shape index (κ2) is 14.8. The first-order valence-corrected chi connectivity index (χ1v) is 13.3. The van der Waals surface area contributed by atoms with Crippen LogP contribution in [0.25, 0.3) is 0 Å². The molecule has 0 spiro atoms. The van der Waals surface area contributed by atoms with Crippen LogP contribution in [-0.4, -0.2) is 54.1 Å². The zero-order valence-electron chi connectivity index (χ0n) is 21.4. The van der Waals surface area contributed by atoms with E-state index in [-0.39, 0.29) is 23.7 Å². The van der Waals surface area contributed by atoms with Gasteiger partial charge in [-0.1, -0.05) is 35.3 Å². The molecule has 1 aliphatic rings. The number of nitrogens with one attached hydrogen (secondary N) is 1. The van der Waals surface area contributed by atoms with Crippen molar-refractivity contribution >= 4 is 46.3 Å². The lowest BCUT2D eigenvalue weighted by Crippen LogP contribution is -2.44. The van der Waals surface area contributed by atoms with E-state index in [4.69, 9.17) is 33.9 Å². The van der Waals surface area contributed by atoms with Crippen molar-refractivity contribution in [1.29, 1.82) is 5.26 Å². The number of carbonyl (C=O) groups excluding carboxylic acids is 1. The highest BCUT2D eigenvalue weighted by atomic mass is 35.5. The summed E-state index contributed by atoms with van der Waals surface area (Å²) < 4.78 is 29.6. The predicted molar refractivity (Wildman–Crippen MR) is 149 cm³/mol. The number of nitriles is 1. The molecule has 0 aromatic heterocycles. The topological polar surface area (TPSA) is 116 Å². The molecule has 0 saturated carbocycles. The Morgan fingerprint density at radius 1 is 1.28 bits per heavy atom. The smallest absolute Gasteiger partial charge is 0.387 e. The van der Waals surface area contributed by atoms with Crippen molar-refractivity contribution in [1.82, 2.24) is 10.2 Å². The second-order valence-corrected chi connectivity index (χ2v) is 9.64. The second-order valence-electron chi connectivity index (χ2n) is 8.83. The van der Waals surface area contributed by atoms with Crippen molar-refractivity contribution < 1.29 is 18.3 Å². The van der Waals surface area contributed by atoms with Crippen LogP contribution in [0.5, 0.6) is 5.75 Å². The van der Waals surface area contributed by atoms with Crippen LogP contribution in [0.3, 0.4) is 0 Å². The first kappa shape index (κ1) is 30.3. The number of rotatable bonds is 12. The molecule has 0 saturated heterocycles. The number of benzene rings is 2. The molecule has 8 nitrogen and oxygen atoms in total. The Bertz CT molecular complexity index is 1250. The van der Waals surface area contributed by atoms with Crippen molar-refractivity contribution in [2.45, 2.75) is 57.7 Å². The summed E-state index contributed by atoms with van der Waals surface area (Å²) in [5.74, 6) is 0.324. The van der Waals surface area contributed by atoms with Gasteiger partial charge in [-0.2, -0.15) is 14.0 Å². The summed E-state index contributed by atoms with van der Waals surface area (Å²) in [5.41, 5.74) is 7.50. The van der Waals surface area contributed by atoms with Crippen LogP contribution in [-0.2, 0) is 4.79 Å². The zero-order chi connectivity index (χ0) is 28.4. The standard InChI is InChI=1S/C27H30Cl2F2N6O2/c1-2-37(25(38)7-4-12-32)23-15-19(36-26(23)17-8-10-21(28)22(29)13-17)9-11-24(34-16-33)35-18-5-3-6-20(14-18)39-27(30)31/h3,5-6,8,10,13-14,19,23,27H,2,4,7,9,11-12,15,32H2,1H3,(H,34,35). The van der Waals surface area contributed by atoms with E-state index in [0.717, 1.165) is 11.3 Å². The predicted octanol–water partition coefficient (Wildman–Crippen LogP) is 5.69. The molecule has 0 aliphatic carbocycles. The molecule has 1 aliphatic heterocycles. The Morgan fingerprint density at radius 2 is 2.08 bits per heavy atom. The van der Waals surface area contributed by atoms with Gasteiger partial charge < -0.3 is 15.4 Å². The van der Waals surface area contributed by atoms with Crippen LogP contribution in [0.1, 0.15) is 44.6 Å². The van der Waals surface area contributed by atoms with Crippen LogP contribution in [0, 0.1) is 11.5 Å². The first-order chi connectivity index (χ1) is 18.7. The van der Waals surface area contributed by atoms with Crippen molar-refractivity contribution in [3.63, 3.8) is 0 Å². The molecule has 1 heterocycles. The lowest BCUT2D eigenvalue weighted by molar-refractivity contribution is -0.132. The minimum absolute atomic E-state index is 0.000609. The van der Waals surface area contributed by atoms with Gasteiger partial charge in [0.1, 0.15) is 11.6 Å². The van der Waals surface area contributed by atoms with E-state index >= 15 is 0 Å². The number of hydrogen-bond donors (Lipinski definition) is 2. The molecule has 0 bridgehead atoms. The number of amides is 1. The minimum Gasteiger partial charge on any atom is -0.435 e. The van der Waals surface area contributed by atoms with Crippen molar-refractivity contribution in [3.8, 4) is 11.9 Å². The molecule has 1 amide bonds. The van der Waals surface area contributed by atoms with E-state index in [1.165, 1.54) is 18.2 Å². The molecule has 39 heavy (non-hydrogen) atoms. The fourth-order valence-corrected chi connectivity index (χ4v) is 4.75. The van der Waals surface area contributed by atoms with E-state index in [2.05, 4.69) is 15.0 Å². The number of alkyl halides is 2. The summed E-state index contributed by atoms with van der Waals surface area (Å²) >= 11 is 12.4. The molecular weight excluding hydrogens is 549 g/mol. The average Bonchev–Trinajstić information content (AvgIpc) is 3.32. The number of amidine groups is 1. The van der Waals surface area contributed by atoms with Gasteiger partial charge in [0.05, 0.1) is 33.5 Å². The third-order valence-corrected chi connectivity index (χ3v) is 6.94. The van der Waals surface area contributed by atoms with E-state index in [1.807, 2.05) is 24.1 Å². The Labute approximate surface area is 236 Å². The summed E-state index contributed by atoms with van der Waals surface area (Å²) in [4.78, 5) is 24.2. The van der Waals surface area contributed by atoms with Gasteiger partial charge in [-0.3, -0.25) is 15.1 Å². The minimum atomic E-state index is -2.95. The van der Waals surface area contributed by atoms with Crippen LogP contribution in [0.4, 0.5) is 14.5 Å². The van der Waals surface area contributed by atoms with Gasteiger partial charge in [-0.15, -0.1) is 0 Å². The van der Waals surface area contributed by atoms with Crippen LogP contribution >= 0.6 is 23.2 Å². The number of ether oxygens (including phenoxy) is 1. The third kappa shape index (κ3) is 8.62. The largest absolute Gasteiger partial charge is 0.435 e. The van der Waals surface area contributed by atoms with Gasteiger partial charge in [-0.05, 0) is 62.6 Å². The summed E-state index contributed by atoms with van der Waals surface area (Å²) in [7, 11) is 0. The fraction of sp³-hybridized carbons (Fsp3) is 0.407. The Hall–Kier alpha value is -3.26. The maximum absolute atomic E-state index is 13.0. The van der Waals surface area contributed by atoms with E-state index < -0.39 is 6.61 Å². The Kier molecular flexibility index (Phi) is 11.5. The quantitative estimate of drug-likeness (QED) is 0.145. The monoisotopic (exact) mass is 578 g/mol. The normalized spacial score (nSPS) is 17.1. The van der Waals surface area contributed by atoms with Gasteiger partial charge in [-0.25, -0.2) is 4.99 Å². The molecule has 2 atom stereocenters. The molecule has 2 aromatic carbocycles. The highest BCUT2D eigenvalue weighted by molar-refractivity contribution is 6.42. The molecule has 3 N–H and O–H groups in total. The summed E-state index contributed by atoms with van der Waals surface area (Å²) in [5, 5.41) is 12.6. The van der Waals surface area contributed by atoms with Gasteiger partial charge in [0.25, 0.3) is 0 Å². The highest BCUT2D eigenvalue weighted by Crippen LogP contribution is 2.30. The van der Waals surface area contributed by atoms with Crippen LogP contribution < -0.4 is 15.8 Å². The number of nitrogens with two attached hydrogens (primary N) is 1. The Balaban J connectivity index is 1.84. The number of nitrogens with zero attached hydrogens (tertiary/aromatic N) is 4. The molecule has 0 radical (unpaired) electrons. The summed E-state index contributed by atoms with van der Waals surface area (Å²) in [6.45, 7) is -0.104. The molecule has 208 valence electrons. The molecule has 12 heteroatoms. The van der Waals surface area contributed by atoms with Crippen LogP contribution in [0.2, 0.25) is 10.0 Å². The maximum Gasteiger partial charge on any atom is 0.387 e. The molecule has 2 aromatic rings. The molecular formula is C27H30Cl2F2N6O2. The van der Waals surface area contributed by atoms with E-state index in [9.17, 15) is 18.8 Å². The van der Waals surface area contributed by atoms with E-state index in [0.29, 0.717) is 66.8 Å². The van der Waals surface area contributed by atoms with Gasteiger partial charge >= 0.3 is 6.61 Å². The number of halogens is 4. The van der Waals surface area contributed by atoms with Crippen molar-refractivity contribution in [3.05, 3.63) is 58.1 Å². The number of aliphatic imine (C=N–C) groups is 2. The third-order valence-electron chi connectivity index (χ3n) is 6.20. The molecule has 2 unspecified atom stereocenters. The number of carbonyl (C=O) groups is 1. The summed E-state index contributed by atoms with van der Waals surface area (Å²) in [6.07, 6.45) is 4.27. The average molecular weight is 579 g/mol. The van der Waals surface area contributed by atoms with Gasteiger partial charge in [0.2, 0.25) is 5.91 Å². The van der Waals surface area contributed by atoms with Gasteiger partial charge in [0.15, 0.2) is 6.19 Å². The number of likely N-dealkylation sites (N-methyl/N-ethyl adjacent to an activating group) is 1. The fourth-order valence-electron chi connectivity index (χ4n) is 4.45. The zero-order valence-corrected chi connectivity index (χ0v) is 22.9. The SMILES string of the molecule is CCN(C(=O)CCCN)C1CC(CCC(=Nc2cccc(OC(F)F)c2)NC#N)N=C1c1ccc(Cl)c(Cl)c1.